The summed E-state index contributed by atoms with van der Waals surface area (Å²) in [7, 11) is 0. The maximum atomic E-state index is 8.63. The predicted octanol–water partition coefficient (Wildman–Crippen LogP) is 2.87. The van der Waals surface area contributed by atoms with Gasteiger partial charge in [-0.15, -0.1) is 0 Å². The van der Waals surface area contributed by atoms with Gasteiger partial charge in [-0.3, -0.25) is 0 Å². The van der Waals surface area contributed by atoms with Gasteiger partial charge in [0.1, 0.15) is 0 Å². The maximum Gasteiger partial charge on any atom is 0.0655 e. The van der Waals surface area contributed by atoms with E-state index in [0.29, 0.717) is 0 Å². The van der Waals surface area contributed by atoms with Crippen LogP contribution in [0, 0.1) is 34.5 Å². The van der Waals surface area contributed by atoms with E-state index in [2.05, 4.69) is 12.1 Å². The van der Waals surface area contributed by atoms with Gasteiger partial charge in [0.15, 0.2) is 0 Å². The summed E-state index contributed by atoms with van der Waals surface area (Å²) in [6.45, 7) is 3.95. The molecule has 0 aliphatic heterocycles. The fourth-order valence-corrected chi connectivity index (χ4v) is 1.09. The highest BCUT2D eigenvalue weighted by molar-refractivity contribution is 4.83. The van der Waals surface area contributed by atoms with E-state index in [1.165, 1.54) is 0 Å². The largest absolute Gasteiger partial charge is 0.198 e. The molecule has 0 saturated heterocycles. The minimum absolute atomic E-state index is 0.140. The molecule has 12 heavy (non-hydrogen) atoms. The lowest BCUT2D eigenvalue weighted by Gasteiger charge is -2.05. The first-order valence-electron chi connectivity index (χ1n) is 4.53. The second-order valence-corrected chi connectivity index (χ2v) is 3.20. The highest BCUT2D eigenvalue weighted by atomic mass is 14.3. The first kappa shape index (κ1) is 11.0. The highest BCUT2D eigenvalue weighted by Gasteiger charge is 2.05. The number of hydrogen-bond donors (Lipinski definition) is 0. The molecule has 2 atom stereocenters. The van der Waals surface area contributed by atoms with Gasteiger partial charge in [-0.05, 0) is 26.2 Å². The van der Waals surface area contributed by atoms with Crippen LogP contribution in [0.4, 0.5) is 0 Å². The minimum atomic E-state index is 0.140. The quantitative estimate of drug-likeness (QED) is 0.627. The number of nitriles is 2. The van der Waals surface area contributed by atoms with Crippen molar-refractivity contribution in [2.45, 2.75) is 39.5 Å². The van der Waals surface area contributed by atoms with Gasteiger partial charge < -0.3 is 0 Å². The van der Waals surface area contributed by atoms with Gasteiger partial charge in [-0.25, -0.2) is 0 Å². The molecular weight excluding hydrogens is 148 g/mol. The van der Waals surface area contributed by atoms with E-state index in [4.69, 9.17) is 10.5 Å². The topological polar surface area (TPSA) is 47.6 Å². The van der Waals surface area contributed by atoms with Crippen molar-refractivity contribution in [1.82, 2.24) is 0 Å². The Morgan fingerprint density at radius 3 is 2.25 bits per heavy atom. The smallest absolute Gasteiger partial charge is 0.0655 e. The summed E-state index contributed by atoms with van der Waals surface area (Å²) in [6.07, 6.45) is 3.80. The van der Waals surface area contributed by atoms with E-state index in [1.807, 2.05) is 13.8 Å². The van der Waals surface area contributed by atoms with Crippen molar-refractivity contribution in [3.8, 4) is 12.1 Å². The molecule has 0 saturated carbocycles. The first-order chi connectivity index (χ1) is 5.74. The van der Waals surface area contributed by atoms with Gasteiger partial charge in [0.05, 0.1) is 12.1 Å². The fraction of sp³-hybridized carbons (Fsp3) is 0.800. The van der Waals surface area contributed by atoms with E-state index in [0.717, 1.165) is 25.7 Å². The summed E-state index contributed by atoms with van der Waals surface area (Å²) in [5.74, 6) is 0.331. The molecule has 0 bridgehead atoms. The minimum Gasteiger partial charge on any atom is -0.198 e. The van der Waals surface area contributed by atoms with E-state index in [9.17, 15) is 0 Å². The lowest BCUT2D eigenvalue weighted by molar-refractivity contribution is 0.508. The average Bonchev–Trinajstić information content (AvgIpc) is 2.12. The molecule has 0 fully saturated rings. The van der Waals surface area contributed by atoms with Crippen LogP contribution in [0.5, 0.6) is 0 Å². The maximum absolute atomic E-state index is 8.63. The van der Waals surface area contributed by atoms with E-state index in [-0.39, 0.29) is 11.8 Å². The molecule has 0 aromatic heterocycles. The summed E-state index contributed by atoms with van der Waals surface area (Å²) < 4.78 is 0. The van der Waals surface area contributed by atoms with Gasteiger partial charge in [0.25, 0.3) is 0 Å². The average molecular weight is 164 g/mol. The Kier molecular flexibility index (Phi) is 6.11. The van der Waals surface area contributed by atoms with Crippen LogP contribution in [-0.2, 0) is 0 Å². The summed E-state index contributed by atoms with van der Waals surface area (Å²) >= 11 is 0. The second kappa shape index (κ2) is 6.68. The molecule has 2 nitrogen and oxygen atoms in total. The molecule has 0 N–H and O–H groups in total. The molecule has 0 spiro atoms. The van der Waals surface area contributed by atoms with Gasteiger partial charge in [-0.1, -0.05) is 13.3 Å². The van der Waals surface area contributed by atoms with Crippen molar-refractivity contribution in [3.63, 3.8) is 0 Å². The van der Waals surface area contributed by atoms with Crippen LogP contribution in [0.3, 0.4) is 0 Å². The van der Waals surface area contributed by atoms with Crippen molar-refractivity contribution >= 4 is 0 Å². The van der Waals surface area contributed by atoms with Crippen molar-refractivity contribution in [3.05, 3.63) is 0 Å². The molecule has 66 valence electrons. The molecule has 0 aliphatic rings. The normalized spacial score (nSPS) is 14.3. The fourth-order valence-electron chi connectivity index (χ4n) is 1.09. The lowest BCUT2D eigenvalue weighted by atomic mass is 9.97. The van der Waals surface area contributed by atoms with Crippen molar-refractivity contribution < 1.29 is 0 Å². The van der Waals surface area contributed by atoms with Gasteiger partial charge in [-0.2, -0.15) is 10.5 Å². The Morgan fingerprint density at radius 2 is 1.83 bits per heavy atom. The van der Waals surface area contributed by atoms with Crippen LogP contribution in [-0.4, -0.2) is 0 Å². The SMILES string of the molecule is CCC(C#N)CCCC(C)C#N. The molecule has 0 heterocycles. The van der Waals surface area contributed by atoms with E-state index in [1.54, 1.807) is 0 Å². The van der Waals surface area contributed by atoms with Crippen LogP contribution in [0.1, 0.15) is 39.5 Å². The van der Waals surface area contributed by atoms with Crippen molar-refractivity contribution in [2.24, 2.45) is 11.8 Å². The third-order valence-corrected chi connectivity index (χ3v) is 2.09. The van der Waals surface area contributed by atoms with Gasteiger partial charge in [0.2, 0.25) is 0 Å². The van der Waals surface area contributed by atoms with Crippen molar-refractivity contribution in [1.29, 1.82) is 10.5 Å². The second-order valence-electron chi connectivity index (χ2n) is 3.20. The molecular formula is C10H16N2. The number of hydrogen-bond acceptors (Lipinski definition) is 2. The van der Waals surface area contributed by atoms with E-state index >= 15 is 0 Å². The molecule has 2 heteroatoms. The lowest BCUT2D eigenvalue weighted by Crippen LogP contribution is -1.97. The predicted molar refractivity (Wildman–Crippen MR) is 48.0 cm³/mol. The third kappa shape index (κ3) is 4.74. The van der Waals surface area contributed by atoms with Gasteiger partial charge in [0, 0.05) is 11.8 Å². The van der Waals surface area contributed by atoms with Crippen LogP contribution < -0.4 is 0 Å². The summed E-state index contributed by atoms with van der Waals surface area (Å²) in [4.78, 5) is 0. The Hall–Kier alpha value is -1.02. The molecule has 0 rings (SSSR count). The first-order valence-corrected chi connectivity index (χ1v) is 4.53. The molecule has 0 aromatic rings. The Morgan fingerprint density at radius 1 is 1.17 bits per heavy atom. The summed E-state index contributed by atoms with van der Waals surface area (Å²) in [6, 6.07) is 4.45. The van der Waals surface area contributed by atoms with Gasteiger partial charge >= 0.3 is 0 Å². The van der Waals surface area contributed by atoms with Crippen LogP contribution >= 0.6 is 0 Å². The Balaban J connectivity index is 3.44. The zero-order chi connectivity index (χ0) is 9.40. The summed E-state index contributed by atoms with van der Waals surface area (Å²) in [5.41, 5.74) is 0. The van der Waals surface area contributed by atoms with Crippen LogP contribution in [0.15, 0.2) is 0 Å². The monoisotopic (exact) mass is 164 g/mol. The highest BCUT2D eigenvalue weighted by Crippen LogP contribution is 2.14. The zero-order valence-corrected chi connectivity index (χ0v) is 7.88. The molecule has 0 amide bonds. The van der Waals surface area contributed by atoms with Crippen molar-refractivity contribution in [2.75, 3.05) is 0 Å². The van der Waals surface area contributed by atoms with Crippen LogP contribution in [0.2, 0.25) is 0 Å². The summed E-state index contributed by atoms with van der Waals surface area (Å²) in [5, 5.41) is 17.1. The number of nitrogens with zero attached hydrogens (tertiary/aromatic N) is 2. The Labute approximate surface area is 74.8 Å². The molecule has 0 aliphatic carbocycles. The van der Waals surface area contributed by atoms with E-state index < -0.39 is 0 Å². The third-order valence-electron chi connectivity index (χ3n) is 2.09. The zero-order valence-electron chi connectivity index (χ0n) is 7.88. The molecule has 0 aromatic carbocycles. The van der Waals surface area contributed by atoms with Crippen LogP contribution in [0.25, 0.3) is 0 Å². The molecule has 0 radical (unpaired) electrons. The molecule has 2 unspecified atom stereocenters. The standard InChI is InChI=1S/C10H16N2/c1-3-10(8-12)6-4-5-9(2)7-11/h9-10H,3-6H2,1-2H3. The Bertz CT molecular complexity index is 185. The number of rotatable bonds is 5.